The first-order valence-electron chi connectivity index (χ1n) is 12.5. The summed E-state index contributed by atoms with van der Waals surface area (Å²) in [5.41, 5.74) is 4.66. The minimum absolute atomic E-state index is 0.129. The minimum atomic E-state index is -0.462. The number of aryl methyl sites for hydroxylation is 1. The van der Waals surface area contributed by atoms with Crippen molar-refractivity contribution in [3.8, 4) is 0 Å². The molecule has 0 radical (unpaired) electrons. The third-order valence-corrected chi connectivity index (χ3v) is 6.97. The number of aromatic nitrogens is 2. The van der Waals surface area contributed by atoms with E-state index >= 15 is 4.39 Å². The van der Waals surface area contributed by atoms with Gasteiger partial charge in [0, 0.05) is 56.9 Å². The molecule has 2 aliphatic heterocycles. The maximum Gasteiger partial charge on any atom is 0.270 e. The summed E-state index contributed by atoms with van der Waals surface area (Å²) in [7, 11) is 0. The molecule has 2 saturated heterocycles. The van der Waals surface area contributed by atoms with Crippen LogP contribution in [0, 0.1) is 11.6 Å². The second-order valence-electron chi connectivity index (χ2n) is 9.36. The van der Waals surface area contributed by atoms with Gasteiger partial charge in [-0.1, -0.05) is 13.0 Å². The Kier molecular flexibility index (Phi) is 6.97. The Hall–Kier alpha value is -3.37. The molecule has 0 spiro atoms. The second-order valence-corrected chi connectivity index (χ2v) is 9.36. The second kappa shape index (κ2) is 10.3. The summed E-state index contributed by atoms with van der Waals surface area (Å²) in [4.78, 5) is 35.5. The largest absolute Gasteiger partial charge is 0.367 e. The number of carbonyl (C=O) groups is 1. The number of hydrazine groups is 1. The molecule has 8 nitrogen and oxygen atoms in total. The molecule has 0 aliphatic carbocycles. The summed E-state index contributed by atoms with van der Waals surface area (Å²) in [6.45, 7) is 6.23. The maximum absolute atomic E-state index is 15.1. The fourth-order valence-corrected chi connectivity index (χ4v) is 4.89. The fraction of sp³-hybridized carbons (Fsp3) is 0.423. The van der Waals surface area contributed by atoms with Crippen LogP contribution in [0.15, 0.2) is 35.1 Å². The summed E-state index contributed by atoms with van der Waals surface area (Å²) in [5, 5.41) is 1.86. The van der Waals surface area contributed by atoms with Gasteiger partial charge in [-0.15, -0.1) is 0 Å². The van der Waals surface area contributed by atoms with Crippen molar-refractivity contribution in [1.29, 1.82) is 0 Å². The van der Waals surface area contributed by atoms with Crippen LogP contribution in [0.3, 0.4) is 0 Å². The molecule has 36 heavy (non-hydrogen) atoms. The number of rotatable bonds is 6. The van der Waals surface area contributed by atoms with E-state index < -0.39 is 11.6 Å². The zero-order valence-corrected chi connectivity index (χ0v) is 20.3. The molecule has 2 N–H and O–H groups in total. The number of aromatic amines is 1. The molecule has 2 aliphatic rings. The average molecular weight is 497 g/mol. The third-order valence-electron chi connectivity index (χ3n) is 6.97. The molecule has 0 atom stereocenters. The quantitative estimate of drug-likeness (QED) is 0.546. The number of piperazine rings is 1. The minimum Gasteiger partial charge on any atom is -0.367 e. The first-order chi connectivity index (χ1) is 17.4. The van der Waals surface area contributed by atoms with Crippen LogP contribution in [0.2, 0.25) is 0 Å². The predicted octanol–water partition coefficient (Wildman–Crippen LogP) is 2.83. The van der Waals surface area contributed by atoms with Crippen molar-refractivity contribution in [2.75, 3.05) is 44.2 Å². The lowest BCUT2D eigenvalue weighted by molar-refractivity contribution is 0.0825. The van der Waals surface area contributed by atoms with Crippen LogP contribution in [0.25, 0.3) is 11.0 Å². The van der Waals surface area contributed by atoms with Crippen molar-refractivity contribution < 1.29 is 13.6 Å². The zero-order valence-electron chi connectivity index (χ0n) is 20.3. The predicted molar refractivity (Wildman–Crippen MR) is 134 cm³/mol. The number of carbonyl (C=O) groups excluding carboxylic acids is 1. The lowest BCUT2D eigenvalue weighted by Gasteiger charge is -2.36. The van der Waals surface area contributed by atoms with E-state index in [1.807, 2.05) is 16.8 Å². The summed E-state index contributed by atoms with van der Waals surface area (Å²) < 4.78 is 30.0. The first kappa shape index (κ1) is 24.3. The van der Waals surface area contributed by atoms with E-state index in [4.69, 9.17) is 0 Å². The first-order valence-corrected chi connectivity index (χ1v) is 12.5. The van der Waals surface area contributed by atoms with Crippen LogP contribution in [-0.4, -0.2) is 65.1 Å². The van der Waals surface area contributed by atoms with Gasteiger partial charge in [0.15, 0.2) is 5.82 Å². The Balaban J connectivity index is 1.22. The molecule has 0 saturated carbocycles. The topological polar surface area (TPSA) is 84.6 Å². The van der Waals surface area contributed by atoms with Gasteiger partial charge >= 0.3 is 0 Å². The van der Waals surface area contributed by atoms with E-state index in [9.17, 15) is 14.0 Å². The Labute approximate surface area is 207 Å². The number of amides is 1. The molecule has 0 bridgehead atoms. The molecule has 190 valence electrons. The zero-order chi connectivity index (χ0) is 25.2. The summed E-state index contributed by atoms with van der Waals surface area (Å²) in [6, 6.07) is 8.03. The number of nitrogens with one attached hydrogen (secondary N) is 2. The highest BCUT2D eigenvalue weighted by molar-refractivity contribution is 5.94. The van der Waals surface area contributed by atoms with Gasteiger partial charge in [-0.3, -0.25) is 19.9 Å². The monoisotopic (exact) mass is 496 g/mol. The number of anilines is 1. The van der Waals surface area contributed by atoms with E-state index in [1.165, 1.54) is 6.07 Å². The summed E-state index contributed by atoms with van der Waals surface area (Å²) in [6.07, 6.45) is 2.57. The Morgan fingerprint density at radius 1 is 1.06 bits per heavy atom. The summed E-state index contributed by atoms with van der Waals surface area (Å²) >= 11 is 0. The standard InChI is InChI=1S/C26H30F2N6O2/c1-2-20-26(36)30-24-21(29-20)7-5-18(23(24)28)16-32-11-13-33(14-12-32)22-8-6-17(15-19(22)27)25(35)31-34-9-3-4-10-34/h5-8,15H,2-4,9-14,16H2,1H3,(H,30,36)(H,31,35). The van der Waals surface area contributed by atoms with E-state index in [-0.39, 0.29) is 17.0 Å². The van der Waals surface area contributed by atoms with Gasteiger partial charge in [-0.05, 0) is 43.5 Å². The van der Waals surface area contributed by atoms with E-state index in [1.54, 1.807) is 24.3 Å². The highest BCUT2D eigenvalue weighted by atomic mass is 19.1. The van der Waals surface area contributed by atoms with Gasteiger partial charge in [0.05, 0.1) is 11.2 Å². The molecule has 5 rings (SSSR count). The molecule has 3 aromatic rings. The van der Waals surface area contributed by atoms with Gasteiger partial charge in [-0.25, -0.2) is 18.8 Å². The SMILES string of the molecule is CCc1nc2ccc(CN3CCN(c4ccc(C(=O)NN5CCCC5)cc4F)CC3)c(F)c2[nH]c1=O. The molecule has 1 amide bonds. The van der Waals surface area contributed by atoms with Crippen molar-refractivity contribution in [2.45, 2.75) is 32.7 Å². The Bertz CT molecular complexity index is 1330. The van der Waals surface area contributed by atoms with Crippen molar-refractivity contribution in [3.05, 3.63) is 69.1 Å². The lowest BCUT2D eigenvalue weighted by Crippen LogP contribution is -2.46. The van der Waals surface area contributed by atoms with Crippen LogP contribution in [0.4, 0.5) is 14.5 Å². The van der Waals surface area contributed by atoms with Gasteiger partial charge in [0.1, 0.15) is 17.0 Å². The van der Waals surface area contributed by atoms with Gasteiger partial charge < -0.3 is 9.88 Å². The number of nitrogens with zero attached hydrogens (tertiary/aromatic N) is 4. The van der Waals surface area contributed by atoms with Gasteiger partial charge in [-0.2, -0.15) is 0 Å². The molecule has 2 aromatic carbocycles. The molecule has 2 fully saturated rings. The summed E-state index contributed by atoms with van der Waals surface area (Å²) in [5.74, 6) is -1.19. The van der Waals surface area contributed by atoms with E-state index in [0.717, 1.165) is 25.9 Å². The highest BCUT2D eigenvalue weighted by Gasteiger charge is 2.23. The molecular formula is C26H30F2N6O2. The van der Waals surface area contributed by atoms with Crippen molar-refractivity contribution >= 4 is 22.6 Å². The van der Waals surface area contributed by atoms with E-state index in [0.29, 0.717) is 67.2 Å². The number of fused-ring (bicyclic) bond motifs is 1. The van der Waals surface area contributed by atoms with Crippen LogP contribution >= 0.6 is 0 Å². The number of halogens is 2. The van der Waals surface area contributed by atoms with Crippen LogP contribution in [0.1, 0.15) is 41.4 Å². The van der Waals surface area contributed by atoms with Crippen LogP contribution < -0.4 is 15.9 Å². The molecule has 3 heterocycles. The Morgan fingerprint density at radius 3 is 2.50 bits per heavy atom. The fourth-order valence-electron chi connectivity index (χ4n) is 4.89. The smallest absolute Gasteiger partial charge is 0.270 e. The van der Waals surface area contributed by atoms with Crippen molar-refractivity contribution in [2.24, 2.45) is 0 Å². The maximum atomic E-state index is 15.1. The van der Waals surface area contributed by atoms with Crippen molar-refractivity contribution in [1.82, 2.24) is 25.3 Å². The van der Waals surface area contributed by atoms with E-state index in [2.05, 4.69) is 20.3 Å². The number of hydrogen-bond donors (Lipinski definition) is 2. The average Bonchev–Trinajstić information content (AvgIpc) is 3.39. The molecule has 10 heteroatoms. The lowest BCUT2D eigenvalue weighted by atomic mass is 10.1. The van der Waals surface area contributed by atoms with Gasteiger partial charge in [0.2, 0.25) is 0 Å². The molecular weight excluding hydrogens is 466 g/mol. The molecule has 1 aromatic heterocycles. The molecule has 0 unspecified atom stereocenters. The number of hydrogen-bond acceptors (Lipinski definition) is 6. The van der Waals surface area contributed by atoms with Crippen LogP contribution in [-0.2, 0) is 13.0 Å². The third kappa shape index (κ3) is 4.96. The Morgan fingerprint density at radius 2 is 1.81 bits per heavy atom. The highest BCUT2D eigenvalue weighted by Crippen LogP contribution is 2.24. The van der Waals surface area contributed by atoms with Crippen LogP contribution in [0.5, 0.6) is 0 Å². The number of H-pyrrole nitrogens is 1. The normalized spacial score (nSPS) is 17.1. The van der Waals surface area contributed by atoms with Crippen molar-refractivity contribution in [3.63, 3.8) is 0 Å². The number of benzene rings is 2. The van der Waals surface area contributed by atoms with Gasteiger partial charge in [0.25, 0.3) is 11.5 Å².